The summed E-state index contributed by atoms with van der Waals surface area (Å²) in [6.07, 6.45) is 0.950. The average molecular weight is 231 g/mol. The summed E-state index contributed by atoms with van der Waals surface area (Å²) < 4.78 is 2.07. The van der Waals surface area contributed by atoms with E-state index >= 15 is 0 Å². The van der Waals surface area contributed by atoms with E-state index in [1.165, 1.54) is 16.6 Å². The third kappa shape index (κ3) is 2.34. The van der Waals surface area contributed by atoms with Gasteiger partial charge in [-0.05, 0) is 32.3 Å². The molecule has 0 bridgehead atoms. The van der Waals surface area contributed by atoms with Crippen LogP contribution in [0.3, 0.4) is 0 Å². The topological polar surface area (TPSA) is 43.8 Å². The van der Waals surface area contributed by atoms with Gasteiger partial charge in [-0.1, -0.05) is 25.1 Å². The number of hydrogen-bond donors (Lipinski definition) is 1. The number of benzene rings is 1. The van der Waals surface area contributed by atoms with Gasteiger partial charge in [-0.3, -0.25) is 4.68 Å². The Morgan fingerprint density at radius 1 is 1.29 bits per heavy atom. The van der Waals surface area contributed by atoms with Crippen molar-refractivity contribution in [1.82, 2.24) is 9.78 Å². The lowest BCUT2D eigenvalue weighted by Crippen LogP contribution is -2.25. The van der Waals surface area contributed by atoms with Gasteiger partial charge in [0, 0.05) is 18.0 Å². The molecule has 0 spiro atoms. The molecular formula is C14H21N3. The first-order valence-corrected chi connectivity index (χ1v) is 6.33. The highest BCUT2D eigenvalue weighted by atomic mass is 15.3. The first-order valence-electron chi connectivity index (χ1n) is 6.33. The lowest BCUT2D eigenvalue weighted by atomic mass is 9.97. The number of nitrogens with zero attached hydrogens (tertiary/aromatic N) is 2. The van der Waals surface area contributed by atoms with Crippen LogP contribution in [0.2, 0.25) is 0 Å². The van der Waals surface area contributed by atoms with E-state index in [1.54, 1.807) is 0 Å². The van der Waals surface area contributed by atoms with Gasteiger partial charge in [-0.2, -0.15) is 5.10 Å². The maximum Gasteiger partial charge on any atom is 0.0706 e. The molecule has 1 heterocycles. The Kier molecular flexibility index (Phi) is 3.48. The van der Waals surface area contributed by atoms with Crippen molar-refractivity contribution in [1.29, 1.82) is 0 Å². The summed E-state index contributed by atoms with van der Waals surface area (Å²) in [7, 11) is 0. The van der Waals surface area contributed by atoms with Gasteiger partial charge in [0.25, 0.3) is 0 Å². The van der Waals surface area contributed by atoms with E-state index in [1.807, 2.05) is 0 Å². The third-order valence-electron chi connectivity index (χ3n) is 3.45. The summed E-state index contributed by atoms with van der Waals surface area (Å²) in [5.74, 6) is 0.457. The fourth-order valence-electron chi connectivity index (χ4n) is 2.08. The van der Waals surface area contributed by atoms with Crippen molar-refractivity contribution in [3.05, 3.63) is 30.0 Å². The van der Waals surface area contributed by atoms with Crippen molar-refractivity contribution in [2.45, 2.75) is 39.8 Å². The Morgan fingerprint density at radius 2 is 2.00 bits per heavy atom. The zero-order chi connectivity index (χ0) is 12.4. The van der Waals surface area contributed by atoms with E-state index in [2.05, 4.69) is 49.7 Å². The number of rotatable bonds is 4. The minimum atomic E-state index is 0.209. The maximum atomic E-state index is 5.93. The molecule has 2 rings (SSSR count). The van der Waals surface area contributed by atoms with E-state index in [4.69, 9.17) is 10.8 Å². The van der Waals surface area contributed by atoms with Crippen molar-refractivity contribution in [2.24, 2.45) is 11.7 Å². The lowest BCUT2D eigenvalue weighted by Gasteiger charge is -2.13. The molecule has 0 aliphatic carbocycles. The van der Waals surface area contributed by atoms with Gasteiger partial charge < -0.3 is 5.73 Å². The Labute approximate surface area is 103 Å². The normalized spacial score (nSPS) is 15.1. The molecule has 0 aliphatic rings. The van der Waals surface area contributed by atoms with Crippen LogP contribution < -0.4 is 5.73 Å². The van der Waals surface area contributed by atoms with E-state index < -0.39 is 0 Å². The SMILES string of the molecule is CCn1nc(CC(C)C(C)N)c2ccccc21. The van der Waals surface area contributed by atoms with Crippen LogP contribution in [0, 0.1) is 5.92 Å². The van der Waals surface area contributed by atoms with E-state index in [0.29, 0.717) is 5.92 Å². The fourth-order valence-corrected chi connectivity index (χ4v) is 2.08. The predicted molar refractivity (Wildman–Crippen MR) is 71.9 cm³/mol. The van der Waals surface area contributed by atoms with Gasteiger partial charge >= 0.3 is 0 Å². The van der Waals surface area contributed by atoms with E-state index in [0.717, 1.165) is 13.0 Å². The molecule has 0 saturated heterocycles. The second kappa shape index (κ2) is 4.88. The molecule has 2 atom stereocenters. The molecule has 0 fully saturated rings. The second-order valence-electron chi connectivity index (χ2n) is 4.82. The van der Waals surface area contributed by atoms with E-state index in [9.17, 15) is 0 Å². The number of fused-ring (bicyclic) bond motifs is 1. The smallest absolute Gasteiger partial charge is 0.0706 e. The fraction of sp³-hybridized carbons (Fsp3) is 0.500. The highest BCUT2D eigenvalue weighted by Gasteiger charge is 2.14. The summed E-state index contributed by atoms with van der Waals surface area (Å²) in [5, 5.41) is 5.96. The standard InChI is InChI=1S/C14H21N3/c1-4-17-14-8-6-5-7-12(14)13(16-17)9-10(2)11(3)15/h5-8,10-11H,4,9,15H2,1-3H3. The second-order valence-corrected chi connectivity index (χ2v) is 4.82. The Morgan fingerprint density at radius 3 is 2.65 bits per heavy atom. The Balaban J connectivity index is 2.40. The molecule has 2 unspecified atom stereocenters. The lowest BCUT2D eigenvalue weighted by molar-refractivity contribution is 0.474. The van der Waals surface area contributed by atoms with Gasteiger partial charge in [0.05, 0.1) is 11.2 Å². The number of aryl methyl sites for hydroxylation is 1. The van der Waals surface area contributed by atoms with E-state index in [-0.39, 0.29) is 6.04 Å². The number of hydrogen-bond acceptors (Lipinski definition) is 2. The van der Waals surface area contributed by atoms with Crippen LogP contribution in [0.15, 0.2) is 24.3 Å². The highest BCUT2D eigenvalue weighted by molar-refractivity contribution is 5.81. The monoisotopic (exact) mass is 231 g/mol. The highest BCUT2D eigenvalue weighted by Crippen LogP contribution is 2.21. The van der Waals surface area contributed by atoms with Crippen molar-refractivity contribution < 1.29 is 0 Å². The van der Waals surface area contributed by atoms with Crippen molar-refractivity contribution in [3.63, 3.8) is 0 Å². The van der Waals surface area contributed by atoms with Crippen LogP contribution in [0.4, 0.5) is 0 Å². The van der Waals surface area contributed by atoms with Crippen LogP contribution in [-0.2, 0) is 13.0 Å². The molecule has 17 heavy (non-hydrogen) atoms. The number of para-hydroxylation sites is 1. The van der Waals surface area contributed by atoms with Crippen LogP contribution in [0.5, 0.6) is 0 Å². The Hall–Kier alpha value is -1.35. The largest absolute Gasteiger partial charge is 0.328 e. The van der Waals surface area contributed by atoms with Gasteiger partial charge in [0.15, 0.2) is 0 Å². The van der Waals surface area contributed by atoms with Crippen LogP contribution in [-0.4, -0.2) is 15.8 Å². The van der Waals surface area contributed by atoms with Crippen LogP contribution >= 0.6 is 0 Å². The number of nitrogens with two attached hydrogens (primary N) is 1. The maximum absolute atomic E-state index is 5.93. The van der Waals surface area contributed by atoms with Crippen molar-refractivity contribution in [2.75, 3.05) is 0 Å². The minimum absolute atomic E-state index is 0.209. The molecule has 1 aromatic carbocycles. The summed E-state index contributed by atoms with van der Waals surface area (Å²) in [6, 6.07) is 8.63. The van der Waals surface area contributed by atoms with Gasteiger partial charge in [0.1, 0.15) is 0 Å². The molecule has 0 radical (unpaired) electrons. The molecule has 0 aliphatic heterocycles. The quantitative estimate of drug-likeness (QED) is 0.879. The Bertz CT molecular complexity index is 499. The zero-order valence-corrected chi connectivity index (χ0v) is 10.9. The van der Waals surface area contributed by atoms with Gasteiger partial charge in [0.2, 0.25) is 0 Å². The van der Waals surface area contributed by atoms with Crippen LogP contribution in [0.1, 0.15) is 26.5 Å². The molecule has 2 N–H and O–H groups in total. The molecule has 0 saturated carbocycles. The average Bonchev–Trinajstić information content (AvgIpc) is 2.68. The molecule has 2 aromatic rings. The van der Waals surface area contributed by atoms with Crippen molar-refractivity contribution >= 4 is 10.9 Å². The van der Waals surface area contributed by atoms with Gasteiger partial charge in [-0.15, -0.1) is 0 Å². The zero-order valence-electron chi connectivity index (χ0n) is 10.9. The first-order chi connectivity index (χ1) is 8.13. The predicted octanol–water partition coefficient (Wildman–Crippen LogP) is 2.58. The summed E-state index contributed by atoms with van der Waals surface area (Å²) in [6.45, 7) is 7.28. The molecule has 0 amide bonds. The van der Waals surface area contributed by atoms with Gasteiger partial charge in [-0.25, -0.2) is 0 Å². The molecular weight excluding hydrogens is 210 g/mol. The molecule has 3 heteroatoms. The molecule has 1 aromatic heterocycles. The van der Waals surface area contributed by atoms with Crippen molar-refractivity contribution in [3.8, 4) is 0 Å². The summed E-state index contributed by atoms with van der Waals surface area (Å²) >= 11 is 0. The minimum Gasteiger partial charge on any atom is -0.328 e. The summed E-state index contributed by atoms with van der Waals surface area (Å²) in [5.41, 5.74) is 8.33. The third-order valence-corrected chi connectivity index (χ3v) is 3.45. The molecule has 92 valence electrons. The summed E-state index contributed by atoms with van der Waals surface area (Å²) in [4.78, 5) is 0. The molecule has 3 nitrogen and oxygen atoms in total. The number of aromatic nitrogens is 2. The van der Waals surface area contributed by atoms with Crippen LogP contribution in [0.25, 0.3) is 10.9 Å². The first kappa shape index (κ1) is 12.1.